The highest BCUT2D eigenvalue weighted by Gasteiger charge is 2.39. The first-order valence-electron chi connectivity index (χ1n) is 9.15. The summed E-state index contributed by atoms with van der Waals surface area (Å²) >= 11 is 6.21. The first-order valence-corrected chi connectivity index (χ1v) is 11.1. The average molecular weight is 415 g/mol. The van der Waals surface area contributed by atoms with E-state index in [1.807, 2.05) is 49.4 Å². The molecule has 3 rings (SSSR count). The smallest absolute Gasteiger partial charge is 0.185 e. The van der Waals surface area contributed by atoms with Crippen LogP contribution in [0.1, 0.15) is 29.2 Å². The fourth-order valence-electron chi connectivity index (χ4n) is 3.61. The Bertz CT molecular complexity index is 1000. The Morgan fingerprint density at radius 3 is 2.00 bits per heavy atom. The SMILES string of the molecule is C[C@@H](CO)[C@@H](c1cccc(Cl)c1)C(c1ccccc1)S(=O)(=O)c1ccccc1. The van der Waals surface area contributed by atoms with Crippen LogP contribution in [0.5, 0.6) is 0 Å². The van der Waals surface area contributed by atoms with Gasteiger partial charge < -0.3 is 5.11 Å². The van der Waals surface area contributed by atoms with Crippen LogP contribution < -0.4 is 0 Å². The zero-order chi connectivity index (χ0) is 20.1. The summed E-state index contributed by atoms with van der Waals surface area (Å²) in [5.41, 5.74) is 1.49. The zero-order valence-corrected chi connectivity index (χ0v) is 17.1. The number of benzene rings is 3. The number of rotatable bonds is 7. The Morgan fingerprint density at radius 1 is 0.857 bits per heavy atom. The lowest BCUT2D eigenvalue weighted by atomic mass is 9.82. The molecule has 0 aromatic heterocycles. The second-order valence-corrected chi connectivity index (χ2v) is 9.44. The third kappa shape index (κ3) is 4.30. The van der Waals surface area contributed by atoms with Gasteiger partial charge in [-0.15, -0.1) is 0 Å². The van der Waals surface area contributed by atoms with E-state index < -0.39 is 21.0 Å². The molecule has 0 bridgehead atoms. The summed E-state index contributed by atoms with van der Waals surface area (Å²) in [4.78, 5) is 0.265. The second kappa shape index (κ2) is 8.91. The molecule has 3 aromatic carbocycles. The van der Waals surface area contributed by atoms with Gasteiger partial charge in [-0.25, -0.2) is 8.42 Å². The van der Waals surface area contributed by atoms with E-state index in [2.05, 4.69) is 0 Å². The van der Waals surface area contributed by atoms with Gasteiger partial charge in [0.15, 0.2) is 9.84 Å². The predicted molar refractivity (Wildman–Crippen MR) is 113 cm³/mol. The molecule has 0 radical (unpaired) electrons. The van der Waals surface area contributed by atoms with E-state index in [9.17, 15) is 13.5 Å². The van der Waals surface area contributed by atoms with Crippen molar-refractivity contribution in [3.63, 3.8) is 0 Å². The summed E-state index contributed by atoms with van der Waals surface area (Å²) in [5.74, 6) is -0.751. The van der Waals surface area contributed by atoms with E-state index in [0.717, 1.165) is 5.56 Å². The number of aliphatic hydroxyl groups is 1. The molecule has 0 amide bonds. The van der Waals surface area contributed by atoms with E-state index in [0.29, 0.717) is 10.6 Å². The van der Waals surface area contributed by atoms with E-state index >= 15 is 0 Å². The molecule has 146 valence electrons. The van der Waals surface area contributed by atoms with Crippen LogP contribution in [0, 0.1) is 5.92 Å². The lowest BCUT2D eigenvalue weighted by Crippen LogP contribution is -2.27. The molecular formula is C23H23ClO3S. The summed E-state index contributed by atoms with van der Waals surface area (Å²) in [5, 5.41) is 9.63. The van der Waals surface area contributed by atoms with Crippen molar-refractivity contribution < 1.29 is 13.5 Å². The molecule has 3 atom stereocenters. The maximum absolute atomic E-state index is 13.7. The van der Waals surface area contributed by atoms with Crippen molar-refractivity contribution in [1.82, 2.24) is 0 Å². The highest BCUT2D eigenvalue weighted by Crippen LogP contribution is 2.45. The summed E-state index contributed by atoms with van der Waals surface area (Å²) in [6, 6.07) is 24.9. The highest BCUT2D eigenvalue weighted by atomic mass is 35.5. The molecular weight excluding hydrogens is 392 g/mol. The minimum Gasteiger partial charge on any atom is -0.396 e. The average Bonchev–Trinajstić information content (AvgIpc) is 2.72. The Labute approximate surface area is 171 Å². The van der Waals surface area contributed by atoms with E-state index in [4.69, 9.17) is 11.6 Å². The van der Waals surface area contributed by atoms with Gasteiger partial charge in [0.2, 0.25) is 0 Å². The first-order chi connectivity index (χ1) is 13.4. The van der Waals surface area contributed by atoms with Crippen molar-refractivity contribution in [2.45, 2.75) is 23.0 Å². The van der Waals surface area contributed by atoms with Gasteiger partial charge in [-0.2, -0.15) is 0 Å². The van der Waals surface area contributed by atoms with E-state index in [-0.39, 0.29) is 17.4 Å². The van der Waals surface area contributed by atoms with Gasteiger partial charge in [0.05, 0.1) is 10.1 Å². The summed E-state index contributed by atoms with van der Waals surface area (Å²) in [7, 11) is -3.72. The Balaban J connectivity index is 2.25. The molecule has 1 unspecified atom stereocenters. The first kappa shape index (κ1) is 20.6. The van der Waals surface area contributed by atoms with Crippen molar-refractivity contribution in [2.75, 3.05) is 6.61 Å². The van der Waals surface area contributed by atoms with Crippen molar-refractivity contribution in [2.24, 2.45) is 5.92 Å². The number of sulfone groups is 1. The number of hydrogen-bond acceptors (Lipinski definition) is 3. The molecule has 0 aliphatic heterocycles. The molecule has 3 aromatic rings. The van der Waals surface area contributed by atoms with Crippen LogP contribution in [0.15, 0.2) is 89.8 Å². The van der Waals surface area contributed by atoms with Crippen molar-refractivity contribution in [3.8, 4) is 0 Å². The van der Waals surface area contributed by atoms with Crippen molar-refractivity contribution >= 4 is 21.4 Å². The largest absolute Gasteiger partial charge is 0.396 e. The van der Waals surface area contributed by atoms with Crippen LogP contribution in [-0.4, -0.2) is 20.1 Å². The van der Waals surface area contributed by atoms with Crippen LogP contribution in [-0.2, 0) is 9.84 Å². The van der Waals surface area contributed by atoms with Gasteiger partial charge in [0, 0.05) is 17.5 Å². The van der Waals surface area contributed by atoms with Crippen LogP contribution in [0.4, 0.5) is 0 Å². The lowest BCUT2D eigenvalue weighted by molar-refractivity contribution is 0.213. The number of hydrogen-bond donors (Lipinski definition) is 1. The quantitative estimate of drug-likeness (QED) is 0.573. The molecule has 0 saturated carbocycles. The third-order valence-electron chi connectivity index (χ3n) is 4.99. The van der Waals surface area contributed by atoms with Gasteiger partial charge in [-0.1, -0.05) is 79.2 Å². The zero-order valence-electron chi connectivity index (χ0n) is 15.6. The third-order valence-corrected chi connectivity index (χ3v) is 7.39. The molecule has 1 N–H and O–H groups in total. The molecule has 0 aliphatic carbocycles. The monoisotopic (exact) mass is 414 g/mol. The maximum atomic E-state index is 13.7. The Hall–Kier alpha value is -2.14. The minimum absolute atomic E-state index is 0.134. The highest BCUT2D eigenvalue weighted by molar-refractivity contribution is 7.91. The molecule has 0 heterocycles. The van der Waals surface area contributed by atoms with Gasteiger partial charge in [0.25, 0.3) is 0 Å². The summed E-state index contributed by atoms with van der Waals surface area (Å²) < 4.78 is 27.5. The number of aliphatic hydroxyl groups excluding tert-OH is 1. The molecule has 0 aliphatic rings. The Kier molecular flexibility index (Phi) is 6.55. The molecule has 0 spiro atoms. The topological polar surface area (TPSA) is 54.4 Å². The summed E-state index contributed by atoms with van der Waals surface area (Å²) in [6.07, 6.45) is 0. The molecule has 0 saturated heterocycles. The van der Waals surface area contributed by atoms with E-state index in [1.54, 1.807) is 42.5 Å². The van der Waals surface area contributed by atoms with Crippen molar-refractivity contribution in [3.05, 3.63) is 101 Å². The van der Waals surface area contributed by atoms with Gasteiger partial charge in [0.1, 0.15) is 0 Å². The Morgan fingerprint density at radius 2 is 1.43 bits per heavy atom. The fraction of sp³-hybridized carbons (Fsp3) is 0.217. The fourth-order valence-corrected chi connectivity index (χ4v) is 5.96. The standard InChI is InChI=1S/C23H23ClO3S/c1-17(16-25)22(19-11-8-12-20(24)15-19)23(18-9-4-2-5-10-18)28(26,27)21-13-6-3-7-14-21/h2-15,17,22-23,25H,16H2,1H3/t17-,22-,23?/m0/s1. The van der Waals surface area contributed by atoms with E-state index in [1.165, 1.54) is 0 Å². The maximum Gasteiger partial charge on any atom is 0.185 e. The number of halogens is 1. The second-order valence-electron chi connectivity index (χ2n) is 6.93. The van der Waals surface area contributed by atoms with Crippen LogP contribution in [0.25, 0.3) is 0 Å². The molecule has 3 nitrogen and oxygen atoms in total. The normalized spacial score (nSPS) is 15.0. The predicted octanol–water partition coefficient (Wildman–Crippen LogP) is 5.27. The van der Waals surface area contributed by atoms with Gasteiger partial charge >= 0.3 is 0 Å². The molecule has 28 heavy (non-hydrogen) atoms. The van der Waals surface area contributed by atoms with Crippen LogP contribution >= 0.6 is 11.6 Å². The van der Waals surface area contributed by atoms with Crippen LogP contribution in [0.3, 0.4) is 0 Å². The molecule has 0 fully saturated rings. The lowest BCUT2D eigenvalue weighted by Gasteiger charge is -2.32. The minimum atomic E-state index is -3.72. The summed E-state index contributed by atoms with van der Waals surface area (Å²) in [6.45, 7) is 1.73. The van der Waals surface area contributed by atoms with Gasteiger partial charge in [-0.05, 0) is 41.3 Å². The van der Waals surface area contributed by atoms with Crippen LogP contribution in [0.2, 0.25) is 5.02 Å². The van der Waals surface area contributed by atoms with Crippen molar-refractivity contribution in [1.29, 1.82) is 0 Å². The molecule has 5 heteroatoms. The van der Waals surface area contributed by atoms with Gasteiger partial charge in [-0.3, -0.25) is 0 Å².